The summed E-state index contributed by atoms with van der Waals surface area (Å²) in [6, 6.07) is 0. The van der Waals surface area contributed by atoms with E-state index in [0.29, 0.717) is 13.1 Å². The molecule has 10 nitrogen and oxygen atoms in total. The summed E-state index contributed by atoms with van der Waals surface area (Å²) in [6.07, 6.45) is 0. The summed E-state index contributed by atoms with van der Waals surface area (Å²) in [5.74, 6) is -1.18. The molecule has 0 aliphatic carbocycles. The van der Waals surface area contributed by atoms with Crippen molar-refractivity contribution >= 4 is 42.4 Å². The minimum atomic E-state index is -0.472. The fourth-order valence-electron chi connectivity index (χ4n) is 1.80. The molecule has 0 fully saturated rings. The van der Waals surface area contributed by atoms with Crippen molar-refractivity contribution in [3.63, 3.8) is 0 Å². The third-order valence-electron chi connectivity index (χ3n) is 3.24. The first-order valence-corrected chi connectivity index (χ1v) is 13.3. The Balaban J connectivity index is 0. The molecule has 0 saturated carbocycles. The number of likely N-dealkylation sites (N-methyl/N-ethyl adjacent to an activating group) is 2. The number of carbonyl (C=O) groups is 2. The number of halogens is 2. The standard InChI is InChI=1S/C14H28N6O4.2ClH.Pt/c1-15-11(21)7-19(8-12(22)16-2)5-6-20(9-13(23)17-3)10-14(24)18-4;;;/h5-10H2,1-4H3,(H,15,21)(H,16,22)(H,17,23)(H,18,24);2*1H;/q;;;+4/p-4. The van der Waals surface area contributed by atoms with Gasteiger partial charge in [-0.05, 0) is 11.8 Å². The van der Waals surface area contributed by atoms with E-state index in [1.54, 1.807) is 9.80 Å². The van der Waals surface area contributed by atoms with Crippen molar-refractivity contribution in [2.45, 2.75) is 0 Å². The molecule has 0 aliphatic rings. The Kier molecular flexibility index (Phi) is 19.3. The predicted octanol–water partition coefficient (Wildman–Crippen LogP) is -2.76. The molecule has 13 heteroatoms. The van der Waals surface area contributed by atoms with Gasteiger partial charge in [-0.3, -0.25) is 19.4 Å². The van der Waals surface area contributed by atoms with E-state index in [2.05, 4.69) is 20.6 Å². The molecule has 160 valence electrons. The first kappa shape index (κ1) is 28.3. The monoisotopic (exact) mass is 607 g/mol. The van der Waals surface area contributed by atoms with Gasteiger partial charge in [-0.15, -0.1) is 0 Å². The third kappa shape index (κ3) is 16.9. The second-order valence-corrected chi connectivity index (χ2v) is 8.33. The van der Waals surface area contributed by atoms with Gasteiger partial charge >= 0.3 is 35.3 Å². The first-order valence-electron chi connectivity index (χ1n) is 7.71. The van der Waals surface area contributed by atoms with E-state index in [1.807, 2.05) is 0 Å². The summed E-state index contributed by atoms with van der Waals surface area (Å²) in [5.41, 5.74) is 0. The van der Waals surface area contributed by atoms with Gasteiger partial charge in [0.1, 0.15) is 0 Å². The van der Waals surface area contributed by atoms with E-state index in [9.17, 15) is 19.8 Å². The summed E-state index contributed by atoms with van der Waals surface area (Å²) in [5, 5.41) is 28.0. The normalized spacial score (nSPS) is 12.0. The van der Waals surface area contributed by atoms with Gasteiger partial charge in [0.2, 0.25) is 11.8 Å². The van der Waals surface area contributed by atoms with Crippen molar-refractivity contribution in [3.8, 4) is 0 Å². The quantitative estimate of drug-likeness (QED) is 0.193. The Bertz CT molecular complexity index is 454. The van der Waals surface area contributed by atoms with Crippen molar-refractivity contribution in [1.82, 2.24) is 20.4 Å². The van der Waals surface area contributed by atoms with E-state index in [-0.39, 0.29) is 49.8 Å². The summed E-state index contributed by atoms with van der Waals surface area (Å²) >= 11 is -0.472. The van der Waals surface area contributed by atoms with Gasteiger partial charge in [0.15, 0.2) is 0 Å². The fourth-order valence-corrected chi connectivity index (χ4v) is 1.80. The van der Waals surface area contributed by atoms with Crippen molar-refractivity contribution in [3.05, 3.63) is 0 Å². The van der Waals surface area contributed by atoms with Gasteiger partial charge in [-0.1, -0.05) is 0 Å². The van der Waals surface area contributed by atoms with E-state index in [1.165, 1.54) is 28.2 Å². The van der Waals surface area contributed by atoms with Crippen LogP contribution in [0.1, 0.15) is 0 Å². The van der Waals surface area contributed by atoms with Crippen LogP contribution in [0.3, 0.4) is 0 Å². The topological polar surface area (TPSA) is 136 Å². The number of aliphatic imine (C=N–C) groups is 2. The first-order chi connectivity index (χ1) is 12.8. The van der Waals surface area contributed by atoms with Crippen LogP contribution in [-0.2, 0) is 26.1 Å². The van der Waals surface area contributed by atoms with Crippen LogP contribution < -0.4 is 20.8 Å². The van der Waals surface area contributed by atoms with Gasteiger partial charge < -0.3 is 30.8 Å². The maximum absolute atomic E-state index is 11.5. The van der Waals surface area contributed by atoms with Crippen LogP contribution in [0.25, 0.3) is 0 Å². The van der Waals surface area contributed by atoms with Gasteiger partial charge in [-0.25, -0.2) is 0 Å². The molecule has 0 spiro atoms. The summed E-state index contributed by atoms with van der Waals surface area (Å²) < 4.78 is 0. The minimum absolute atomic E-state index is 0.0101. The number of carbonyl (C=O) groups excluding carboxylic acids is 2. The zero-order valence-electron chi connectivity index (χ0n) is 15.7. The summed E-state index contributed by atoms with van der Waals surface area (Å²) in [6.45, 7) is 0.675. The maximum atomic E-state index is 11.5. The van der Waals surface area contributed by atoms with Crippen molar-refractivity contribution in [2.24, 2.45) is 9.98 Å². The molecular weight excluding hydrogens is 582 g/mol. The molecule has 27 heavy (non-hydrogen) atoms. The van der Waals surface area contributed by atoms with E-state index in [4.69, 9.17) is 18.8 Å². The molecular formula is C14H26Cl2N6O4Pt. The summed E-state index contributed by atoms with van der Waals surface area (Å²) in [7, 11) is 15.5. The second-order valence-electron chi connectivity index (χ2n) is 5.05. The average molecular weight is 608 g/mol. The average Bonchev–Trinajstić information content (AvgIpc) is 2.65. The summed E-state index contributed by atoms with van der Waals surface area (Å²) in [4.78, 5) is 33.4. The molecule has 0 atom stereocenters. The van der Waals surface area contributed by atoms with Crippen LogP contribution in [0.4, 0.5) is 0 Å². The molecule has 0 aromatic rings. The zero-order chi connectivity index (χ0) is 21.2. The van der Waals surface area contributed by atoms with E-state index in [0.717, 1.165) is 0 Å². The molecule has 0 aromatic heterocycles. The zero-order valence-corrected chi connectivity index (χ0v) is 19.5. The molecule has 0 aliphatic heterocycles. The van der Waals surface area contributed by atoms with Gasteiger partial charge in [-0.2, -0.15) is 0 Å². The molecule has 0 bridgehead atoms. The number of nitrogens with one attached hydrogen (secondary N) is 2. The molecule has 0 unspecified atom stereocenters. The molecule has 0 aromatic carbocycles. The van der Waals surface area contributed by atoms with Crippen molar-refractivity contribution in [1.29, 1.82) is 0 Å². The Morgan fingerprint density at radius 2 is 1.15 bits per heavy atom. The molecule has 0 saturated heterocycles. The van der Waals surface area contributed by atoms with E-state index < -0.39 is 16.5 Å². The van der Waals surface area contributed by atoms with Gasteiger partial charge in [0, 0.05) is 54.4 Å². The SMILES string of the molecule is CN=C([O-])CN(CCN(CC(=O)NC)CC([O-])=NC)CC(=O)NC.[Cl][Pt+2][Cl]. The number of hydrogen-bond acceptors (Lipinski definition) is 8. The molecule has 0 radical (unpaired) electrons. The Labute approximate surface area is 176 Å². The third-order valence-corrected chi connectivity index (χ3v) is 3.24. The van der Waals surface area contributed by atoms with Gasteiger partial charge in [0.05, 0.1) is 13.1 Å². The van der Waals surface area contributed by atoms with Crippen LogP contribution >= 0.6 is 18.8 Å². The predicted molar refractivity (Wildman–Crippen MR) is 99.4 cm³/mol. The molecule has 2 amide bonds. The van der Waals surface area contributed by atoms with E-state index >= 15 is 0 Å². The van der Waals surface area contributed by atoms with Crippen LogP contribution in [0.5, 0.6) is 0 Å². The Morgan fingerprint density at radius 3 is 1.37 bits per heavy atom. The number of nitrogens with zero attached hydrogens (tertiary/aromatic N) is 4. The van der Waals surface area contributed by atoms with Gasteiger partial charge in [0.25, 0.3) is 0 Å². The van der Waals surface area contributed by atoms with Crippen molar-refractivity contribution in [2.75, 3.05) is 67.5 Å². The van der Waals surface area contributed by atoms with Crippen molar-refractivity contribution < 1.29 is 36.3 Å². The number of amides is 2. The molecule has 0 heterocycles. The fraction of sp³-hybridized carbons (Fsp3) is 0.714. The van der Waals surface area contributed by atoms with Crippen LogP contribution in [0.15, 0.2) is 9.98 Å². The Hall–Kier alpha value is -0.932. The number of hydrogen-bond donors (Lipinski definition) is 2. The van der Waals surface area contributed by atoms with Crippen LogP contribution in [0.2, 0.25) is 0 Å². The molecule has 2 N–H and O–H groups in total. The Morgan fingerprint density at radius 1 is 0.852 bits per heavy atom. The number of rotatable bonds is 11. The van der Waals surface area contributed by atoms with Crippen LogP contribution in [-0.4, -0.2) is 101 Å². The molecule has 0 rings (SSSR count). The second kappa shape index (κ2) is 18.4. The van der Waals surface area contributed by atoms with Crippen LogP contribution in [0, 0.1) is 0 Å².